The van der Waals surface area contributed by atoms with E-state index >= 15 is 0 Å². The molecule has 0 fully saturated rings. The molecule has 3 heterocycles. The highest BCUT2D eigenvalue weighted by molar-refractivity contribution is 7.26. The lowest BCUT2D eigenvalue weighted by molar-refractivity contribution is 0.670. The topological polar surface area (TPSA) is 51.8 Å². The minimum atomic E-state index is 0.602. The molecule has 0 bridgehead atoms. The van der Waals surface area contributed by atoms with Crippen LogP contribution in [0, 0.1) is 0 Å². The number of hydrogen-bond acceptors (Lipinski definition) is 5. The summed E-state index contributed by atoms with van der Waals surface area (Å²) in [6, 6.07) is 62.0. The van der Waals surface area contributed by atoms with E-state index in [4.69, 9.17) is 19.4 Å². The Hall–Kier alpha value is -7.21. The maximum atomic E-state index is 6.83. The molecular weight excluding hydrogens is 703 g/mol. The number of nitrogens with zero attached hydrogens (tertiary/aromatic N) is 3. The second kappa shape index (κ2) is 12.2. The largest absolute Gasteiger partial charge is 0.455 e. The second-order valence-corrected chi connectivity index (χ2v) is 15.4. The highest BCUT2D eigenvalue weighted by Crippen LogP contribution is 2.45. The summed E-state index contributed by atoms with van der Waals surface area (Å²) in [5.74, 6) is 1.85. The molecular formula is C51H29N3OS. The Balaban J connectivity index is 1.06. The Labute approximate surface area is 325 Å². The highest BCUT2D eigenvalue weighted by Gasteiger charge is 2.21. The number of hydrogen-bond donors (Lipinski definition) is 0. The number of thiophene rings is 1. The Morgan fingerprint density at radius 3 is 1.89 bits per heavy atom. The van der Waals surface area contributed by atoms with Crippen LogP contribution in [0.3, 0.4) is 0 Å². The Bertz CT molecular complexity index is 3550. The summed E-state index contributed by atoms with van der Waals surface area (Å²) in [7, 11) is 0. The standard InChI is InChI=1S/C51H29N3OS/c1-2-12-31(13-3-1)49-52-50(35-25-26-37-34(27-35)24-23-30-11-6-7-16-36(30)37)54-51(53-49)42-21-10-22-44-46(42)41-20-8-17-38(47(41)55-44)39-18-9-19-40-43-28-32-14-4-5-15-33(32)29-45(43)56-48(39)40/h1-29H. The van der Waals surface area contributed by atoms with Gasteiger partial charge in [0, 0.05) is 58.8 Å². The van der Waals surface area contributed by atoms with E-state index in [0.717, 1.165) is 55.1 Å². The van der Waals surface area contributed by atoms with Crippen molar-refractivity contribution in [1.29, 1.82) is 0 Å². The third-order valence-corrected chi connectivity index (χ3v) is 12.3. The van der Waals surface area contributed by atoms with Crippen LogP contribution < -0.4 is 0 Å². The van der Waals surface area contributed by atoms with Crippen LogP contribution in [0.5, 0.6) is 0 Å². The molecule has 0 N–H and O–H groups in total. The summed E-state index contributed by atoms with van der Waals surface area (Å²) in [5.41, 5.74) is 6.64. The van der Waals surface area contributed by atoms with Crippen molar-refractivity contribution in [3.63, 3.8) is 0 Å². The third kappa shape index (κ3) is 4.81. The number of rotatable bonds is 4. The van der Waals surface area contributed by atoms with Crippen LogP contribution in [0.4, 0.5) is 0 Å². The maximum absolute atomic E-state index is 6.83. The molecule has 0 saturated heterocycles. The minimum absolute atomic E-state index is 0.602. The molecule has 0 aliphatic carbocycles. The average Bonchev–Trinajstić information content (AvgIpc) is 3.84. The van der Waals surface area contributed by atoms with Gasteiger partial charge in [0.1, 0.15) is 11.2 Å². The molecule has 56 heavy (non-hydrogen) atoms. The van der Waals surface area contributed by atoms with Gasteiger partial charge in [-0.25, -0.2) is 15.0 Å². The summed E-state index contributed by atoms with van der Waals surface area (Å²) in [5, 5.41) is 11.9. The maximum Gasteiger partial charge on any atom is 0.164 e. The van der Waals surface area contributed by atoms with Crippen LogP contribution >= 0.6 is 11.3 Å². The fourth-order valence-electron chi connectivity index (χ4n) is 8.44. The van der Waals surface area contributed by atoms with Crippen LogP contribution in [0.15, 0.2) is 180 Å². The van der Waals surface area contributed by atoms with Gasteiger partial charge in [0.2, 0.25) is 0 Å². The number of para-hydroxylation sites is 1. The molecule has 0 atom stereocenters. The number of furan rings is 1. The normalized spacial score (nSPS) is 11.9. The van der Waals surface area contributed by atoms with Crippen molar-refractivity contribution in [3.05, 3.63) is 176 Å². The van der Waals surface area contributed by atoms with Crippen LogP contribution in [0.1, 0.15) is 0 Å². The molecule has 0 aliphatic rings. The Kier molecular flexibility index (Phi) is 6.76. The SMILES string of the molecule is c1ccc(-c2nc(-c3ccc4c(ccc5ccccc54)c3)nc(-c3cccc4oc5c(-c6cccc7c6sc6cc8ccccc8cc67)cccc5c34)n2)cc1. The van der Waals surface area contributed by atoms with Crippen molar-refractivity contribution in [3.8, 4) is 45.3 Å². The molecule has 9 aromatic carbocycles. The first-order valence-electron chi connectivity index (χ1n) is 18.8. The summed E-state index contributed by atoms with van der Waals surface area (Å²) >= 11 is 1.84. The molecule has 0 saturated carbocycles. The van der Waals surface area contributed by atoms with Gasteiger partial charge in [0.05, 0.1) is 0 Å². The summed E-state index contributed by atoms with van der Waals surface area (Å²) < 4.78 is 9.37. The third-order valence-electron chi connectivity index (χ3n) is 11.1. The van der Waals surface area contributed by atoms with Crippen molar-refractivity contribution >= 4 is 85.8 Å². The molecule has 260 valence electrons. The van der Waals surface area contributed by atoms with Crippen LogP contribution in [-0.4, -0.2) is 15.0 Å². The predicted octanol–water partition coefficient (Wildman–Crippen LogP) is 14.3. The summed E-state index contributed by atoms with van der Waals surface area (Å²) in [6.07, 6.45) is 0. The first-order valence-corrected chi connectivity index (χ1v) is 19.6. The lowest BCUT2D eigenvalue weighted by Gasteiger charge is -2.10. The van der Waals surface area contributed by atoms with Gasteiger partial charge in [0.15, 0.2) is 17.5 Å². The first kappa shape index (κ1) is 31.2. The first-order chi connectivity index (χ1) is 27.7. The monoisotopic (exact) mass is 731 g/mol. The van der Waals surface area contributed by atoms with Crippen molar-refractivity contribution in [2.75, 3.05) is 0 Å². The van der Waals surface area contributed by atoms with E-state index in [0.29, 0.717) is 17.5 Å². The van der Waals surface area contributed by atoms with Gasteiger partial charge in [0.25, 0.3) is 0 Å². The van der Waals surface area contributed by atoms with Crippen molar-refractivity contribution in [1.82, 2.24) is 15.0 Å². The second-order valence-electron chi connectivity index (χ2n) is 14.3. The van der Waals surface area contributed by atoms with Crippen molar-refractivity contribution in [2.24, 2.45) is 0 Å². The molecule has 3 aromatic heterocycles. The summed E-state index contributed by atoms with van der Waals surface area (Å²) in [6.45, 7) is 0. The molecule has 4 nitrogen and oxygen atoms in total. The zero-order valence-electron chi connectivity index (χ0n) is 29.9. The zero-order chi connectivity index (χ0) is 36.7. The van der Waals surface area contributed by atoms with Crippen LogP contribution in [0.25, 0.3) is 120 Å². The molecule has 12 aromatic rings. The minimum Gasteiger partial charge on any atom is -0.455 e. The van der Waals surface area contributed by atoms with Gasteiger partial charge in [-0.15, -0.1) is 11.3 Å². The van der Waals surface area contributed by atoms with Gasteiger partial charge >= 0.3 is 0 Å². The molecule has 0 spiro atoms. The van der Waals surface area contributed by atoms with Crippen LogP contribution in [-0.2, 0) is 0 Å². The van der Waals surface area contributed by atoms with E-state index in [-0.39, 0.29) is 0 Å². The molecule has 0 unspecified atom stereocenters. The van der Waals surface area contributed by atoms with E-state index in [1.54, 1.807) is 0 Å². The van der Waals surface area contributed by atoms with Gasteiger partial charge in [-0.1, -0.05) is 152 Å². The van der Waals surface area contributed by atoms with Gasteiger partial charge in [-0.2, -0.15) is 0 Å². The van der Waals surface area contributed by atoms with Gasteiger partial charge < -0.3 is 4.42 Å². The van der Waals surface area contributed by atoms with Crippen molar-refractivity contribution in [2.45, 2.75) is 0 Å². The average molecular weight is 732 g/mol. The Morgan fingerprint density at radius 1 is 0.375 bits per heavy atom. The van der Waals surface area contributed by atoms with Crippen LogP contribution in [0.2, 0.25) is 0 Å². The number of benzene rings is 9. The smallest absolute Gasteiger partial charge is 0.164 e. The van der Waals surface area contributed by atoms with Crippen molar-refractivity contribution < 1.29 is 4.42 Å². The van der Waals surface area contributed by atoms with E-state index in [1.807, 2.05) is 53.8 Å². The van der Waals surface area contributed by atoms with E-state index in [2.05, 4.69) is 133 Å². The number of fused-ring (bicyclic) bond motifs is 10. The van der Waals surface area contributed by atoms with E-state index < -0.39 is 0 Å². The highest BCUT2D eigenvalue weighted by atomic mass is 32.1. The fraction of sp³-hybridized carbons (Fsp3) is 0. The van der Waals surface area contributed by atoms with Gasteiger partial charge in [-0.05, 0) is 56.6 Å². The molecule has 0 amide bonds. The molecule has 12 rings (SSSR count). The summed E-state index contributed by atoms with van der Waals surface area (Å²) in [4.78, 5) is 15.4. The molecule has 0 aliphatic heterocycles. The Morgan fingerprint density at radius 2 is 1.02 bits per heavy atom. The quantitative estimate of drug-likeness (QED) is 0.169. The lowest BCUT2D eigenvalue weighted by Crippen LogP contribution is -2.00. The number of aromatic nitrogens is 3. The predicted molar refractivity (Wildman–Crippen MR) is 234 cm³/mol. The molecule has 0 radical (unpaired) electrons. The zero-order valence-corrected chi connectivity index (χ0v) is 30.7. The fourth-order valence-corrected chi connectivity index (χ4v) is 9.70. The van der Waals surface area contributed by atoms with E-state index in [9.17, 15) is 0 Å². The van der Waals surface area contributed by atoms with Gasteiger partial charge in [-0.3, -0.25) is 0 Å². The lowest BCUT2D eigenvalue weighted by atomic mass is 9.98. The van der Waals surface area contributed by atoms with E-state index in [1.165, 1.54) is 47.1 Å². The molecule has 5 heteroatoms.